The molecular weight excluding hydrogens is 320 g/mol. The fraction of sp³-hybridized carbons (Fsp3) is 0.0667. The van der Waals surface area contributed by atoms with E-state index in [-0.39, 0.29) is 11.8 Å². The zero-order valence-electron chi connectivity index (χ0n) is 10.7. The smallest absolute Gasteiger partial charge is 0.266 e. The first-order chi connectivity index (χ1) is 9.61. The Morgan fingerprint density at radius 1 is 1.00 bits per heavy atom. The fourth-order valence-electron chi connectivity index (χ4n) is 2.25. The maximum Gasteiger partial charge on any atom is 0.266 e. The number of rotatable bonds is 2. The molecule has 0 saturated carbocycles. The summed E-state index contributed by atoms with van der Waals surface area (Å²) in [5.74, 6) is -0.578. The summed E-state index contributed by atoms with van der Waals surface area (Å²) in [6.07, 6.45) is 0. The molecule has 1 aliphatic rings. The van der Waals surface area contributed by atoms with Crippen LogP contribution in [0, 0.1) is 0 Å². The third-order valence-electron chi connectivity index (χ3n) is 3.24. The molecule has 2 amide bonds. The number of anilines is 2. The highest BCUT2D eigenvalue weighted by molar-refractivity contribution is 9.10. The van der Waals surface area contributed by atoms with E-state index in [1.54, 1.807) is 43.4 Å². The number of carbonyl (C=O) groups excluding carboxylic acids is 2. The van der Waals surface area contributed by atoms with Gasteiger partial charge in [0.1, 0.15) is 0 Å². The second-order valence-corrected chi connectivity index (χ2v) is 5.35. The molecule has 1 heterocycles. The summed E-state index contributed by atoms with van der Waals surface area (Å²) in [4.78, 5) is 26.0. The number of nitrogens with zero attached hydrogens (tertiary/aromatic N) is 1. The van der Waals surface area contributed by atoms with E-state index in [2.05, 4.69) is 21.2 Å². The van der Waals surface area contributed by atoms with Gasteiger partial charge in [-0.15, -0.1) is 0 Å². The van der Waals surface area contributed by atoms with Crippen molar-refractivity contribution < 1.29 is 9.59 Å². The largest absolute Gasteiger partial charge is 0.388 e. The molecule has 0 radical (unpaired) electrons. The summed E-state index contributed by atoms with van der Waals surface area (Å²) in [7, 11) is 1.77. The van der Waals surface area contributed by atoms with E-state index < -0.39 is 0 Å². The maximum atomic E-state index is 12.4. The van der Waals surface area contributed by atoms with Gasteiger partial charge in [0.15, 0.2) is 0 Å². The first-order valence-corrected chi connectivity index (χ1v) is 6.87. The van der Waals surface area contributed by atoms with Crippen molar-refractivity contribution in [3.8, 4) is 0 Å². The van der Waals surface area contributed by atoms with E-state index in [4.69, 9.17) is 0 Å². The minimum absolute atomic E-state index is 0.286. The topological polar surface area (TPSA) is 49.4 Å². The Morgan fingerprint density at radius 3 is 2.45 bits per heavy atom. The van der Waals surface area contributed by atoms with Crippen LogP contribution in [-0.2, 0) is 0 Å². The normalized spacial score (nSPS) is 13.6. The van der Waals surface area contributed by atoms with Gasteiger partial charge >= 0.3 is 0 Å². The minimum atomic E-state index is -0.291. The Balaban J connectivity index is 2.09. The number of imide groups is 1. The number of hydrogen-bond donors (Lipinski definition) is 1. The van der Waals surface area contributed by atoms with Gasteiger partial charge in [0.25, 0.3) is 11.8 Å². The van der Waals surface area contributed by atoms with Crippen molar-refractivity contribution in [2.45, 2.75) is 0 Å². The average molecular weight is 331 g/mol. The highest BCUT2D eigenvalue weighted by Gasteiger charge is 2.36. The zero-order valence-corrected chi connectivity index (χ0v) is 12.3. The van der Waals surface area contributed by atoms with Crippen molar-refractivity contribution >= 4 is 39.1 Å². The van der Waals surface area contributed by atoms with Crippen LogP contribution in [0.2, 0.25) is 0 Å². The van der Waals surface area contributed by atoms with Crippen LogP contribution < -0.4 is 10.2 Å². The third kappa shape index (κ3) is 1.91. The van der Waals surface area contributed by atoms with Crippen LogP contribution in [0.4, 0.5) is 11.4 Å². The second kappa shape index (κ2) is 4.76. The van der Waals surface area contributed by atoms with Crippen molar-refractivity contribution in [1.82, 2.24) is 0 Å². The molecule has 0 aromatic heterocycles. The number of carbonyl (C=O) groups is 2. The van der Waals surface area contributed by atoms with Gasteiger partial charge in [0, 0.05) is 17.2 Å². The molecule has 1 aliphatic heterocycles. The Labute approximate surface area is 124 Å². The number of amides is 2. The number of fused-ring (bicyclic) bond motifs is 1. The molecule has 0 spiro atoms. The van der Waals surface area contributed by atoms with Gasteiger partial charge in [-0.1, -0.05) is 22.0 Å². The predicted molar refractivity (Wildman–Crippen MR) is 81.3 cm³/mol. The van der Waals surface area contributed by atoms with Gasteiger partial charge in [0.2, 0.25) is 0 Å². The van der Waals surface area contributed by atoms with Crippen molar-refractivity contribution in [2.24, 2.45) is 0 Å². The quantitative estimate of drug-likeness (QED) is 0.859. The SMILES string of the molecule is CNc1ccc2c(c1)C(=O)N(c1cccc(Br)c1)C2=O. The van der Waals surface area contributed by atoms with Gasteiger partial charge in [-0.05, 0) is 36.4 Å². The first kappa shape index (κ1) is 12.9. The lowest BCUT2D eigenvalue weighted by Gasteiger charge is -2.13. The molecule has 0 unspecified atom stereocenters. The number of nitrogens with one attached hydrogen (secondary N) is 1. The van der Waals surface area contributed by atoms with Crippen LogP contribution in [-0.4, -0.2) is 18.9 Å². The molecule has 0 fully saturated rings. The number of halogens is 1. The summed E-state index contributed by atoms with van der Waals surface area (Å²) in [5.41, 5.74) is 2.24. The molecule has 4 nitrogen and oxygen atoms in total. The molecule has 100 valence electrons. The molecule has 0 atom stereocenters. The molecule has 3 rings (SSSR count). The van der Waals surface area contributed by atoms with Gasteiger partial charge in [0.05, 0.1) is 16.8 Å². The summed E-state index contributed by atoms with van der Waals surface area (Å²) >= 11 is 3.35. The van der Waals surface area contributed by atoms with Crippen LogP contribution in [0.3, 0.4) is 0 Å². The number of hydrogen-bond acceptors (Lipinski definition) is 3. The molecule has 5 heteroatoms. The van der Waals surface area contributed by atoms with E-state index in [9.17, 15) is 9.59 Å². The summed E-state index contributed by atoms with van der Waals surface area (Å²) in [5, 5.41) is 2.97. The van der Waals surface area contributed by atoms with Crippen LogP contribution in [0.25, 0.3) is 0 Å². The Bertz CT molecular complexity index is 728. The van der Waals surface area contributed by atoms with Crippen molar-refractivity contribution in [3.05, 3.63) is 58.1 Å². The van der Waals surface area contributed by atoms with Crippen LogP contribution in [0.15, 0.2) is 46.9 Å². The van der Waals surface area contributed by atoms with Gasteiger partial charge < -0.3 is 5.32 Å². The average Bonchev–Trinajstić information content (AvgIpc) is 2.70. The van der Waals surface area contributed by atoms with Crippen molar-refractivity contribution in [3.63, 3.8) is 0 Å². The van der Waals surface area contributed by atoms with E-state index in [0.717, 1.165) is 10.2 Å². The van der Waals surface area contributed by atoms with Gasteiger partial charge in [-0.2, -0.15) is 0 Å². The third-order valence-corrected chi connectivity index (χ3v) is 3.73. The molecule has 0 bridgehead atoms. The Kier molecular flexibility index (Phi) is 3.06. The lowest BCUT2D eigenvalue weighted by atomic mass is 10.1. The molecule has 0 saturated heterocycles. The van der Waals surface area contributed by atoms with Crippen molar-refractivity contribution in [1.29, 1.82) is 0 Å². The Morgan fingerprint density at radius 2 is 1.75 bits per heavy atom. The zero-order chi connectivity index (χ0) is 14.3. The lowest BCUT2D eigenvalue weighted by molar-refractivity contribution is 0.0926. The lowest BCUT2D eigenvalue weighted by Crippen LogP contribution is -2.29. The van der Waals surface area contributed by atoms with Crippen LogP contribution in [0.5, 0.6) is 0 Å². The molecule has 2 aromatic carbocycles. The van der Waals surface area contributed by atoms with Crippen LogP contribution in [0.1, 0.15) is 20.7 Å². The minimum Gasteiger partial charge on any atom is -0.388 e. The molecule has 1 N–H and O–H groups in total. The van der Waals surface area contributed by atoms with E-state index in [1.165, 1.54) is 4.90 Å². The van der Waals surface area contributed by atoms with E-state index >= 15 is 0 Å². The number of benzene rings is 2. The van der Waals surface area contributed by atoms with E-state index in [0.29, 0.717) is 16.8 Å². The first-order valence-electron chi connectivity index (χ1n) is 6.08. The molecular formula is C15H11BrN2O2. The highest BCUT2D eigenvalue weighted by Crippen LogP contribution is 2.31. The molecule has 0 aliphatic carbocycles. The second-order valence-electron chi connectivity index (χ2n) is 4.44. The summed E-state index contributed by atoms with van der Waals surface area (Å²) in [6.45, 7) is 0. The molecule has 20 heavy (non-hydrogen) atoms. The summed E-state index contributed by atoms with van der Waals surface area (Å²) < 4.78 is 0.822. The monoisotopic (exact) mass is 330 g/mol. The van der Waals surface area contributed by atoms with Crippen LogP contribution >= 0.6 is 15.9 Å². The van der Waals surface area contributed by atoms with Gasteiger partial charge in [-0.3, -0.25) is 9.59 Å². The van der Waals surface area contributed by atoms with E-state index in [1.807, 2.05) is 6.07 Å². The predicted octanol–water partition coefficient (Wildman–Crippen LogP) is 3.29. The Hall–Kier alpha value is -2.14. The fourth-order valence-corrected chi connectivity index (χ4v) is 2.63. The highest BCUT2D eigenvalue weighted by atomic mass is 79.9. The molecule has 2 aromatic rings. The maximum absolute atomic E-state index is 12.4. The standard InChI is InChI=1S/C15H11BrN2O2/c1-17-10-5-6-12-13(8-10)15(20)18(14(12)19)11-4-2-3-9(16)7-11/h2-8,17H,1H3. The van der Waals surface area contributed by atoms with Gasteiger partial charge in [-0.25, -0.2) is 4.90 Å². The van der Waals surface area contributed by atoms with Crippen molar-refractivity contribution in [2.75, 3.05) is 17.3 Å². The summed E-state index contributed by atoms with van der Waals surface area (Å²) in [6, 6.07) is 12.3.